The third-order valence-electron chi connectivity index (χ3n) is 5.81. The molecule has 154 valence electrons. The third kappa shape index (κ3) is 5.30. The number of thioether (sulfide) groups is 1. The lowest BCUT2D eigenvalue weighted by molar-refractivity contribution is -0.120. The maximum Gasteiger partial charge on any atom is 0.252 e. The van der Waals surface area contributed by atoms with Gasteiger partial charge in [0.25, 0.3) is 5.91 Å². The Morgan fingerprint density at radius 1 is 1.14 bits per heavy atom. The highest BCUT2D eigenvalue weighted by Gasteiger charge is 2.25. The smallest absolute Gasteiger partial charge is 0.252 e. The molecule has 0 radical (unpaired) electrons. The molecule has 0 aliphatic heterocycles. The van der Waals surface area contributed by atoms with Gasteiger partial charge in [0.1, 0.15) is 0 Å². The summed E-state index contributed by atoms with van der Waals surface area (Å²) in [6, 6.07) is 9.82. The summed E-state index contributed by atoms with van der Waals surface area (Å²) < 4.78 is 0. The van der Waals surface area contributed by atoms with E-state index in [-0.39, 0.29) is 17.1 Å². The van der Waals surface area contributed by atoms with Gasteiger partial charge in [0.15, 0.2) is 0 Å². The second-order valence-corrected chi connectivity index (χ2v) is 9.64. The zero-order valence-electron chi connectivity index (χ0n) is 16.9. The molecule has 2 saturated carbocycles. The molecule has 6 heteroatoms. The molecule has 0 bridgehead atoms. The standard InChI is InChI=1S/C23H29N3O2S/c1-15(22(27)24-14-16-7-3-2-4-8-16)29-21-13-19(23(28)25-17-11-12-17)18-9-5-6-10-20(18)26-21/h5-6,9-10,13,15-17H,2-4,7-8,11-12,14H2,1H3,(H,24,27)(H,25,28). The summed E-state index contributed by atoms with van der Waals surface area (Å²) in [4.78, 5) is 30.0. The molecular formula is C23H29N3O2S. The lowest BCUT2D eigenvalue weighted by Gasteiger charge is -2.22. The van der Waals surface area contributed by atoms with Crippen molar-refractivity contribution < 1.29 is 9.59 Å². The number of nitrogens with one attached hydrogen (secondary N) is 2. The molecule has 2 aliphatic rings. The monoisotopic (exact) mass is 411 g/mol. The Morgan fingerprint density at radius 2 is 1.90 bits per heavy atom. The van der Waals surface area contributed by atoms with Crippen LogP contribution in [0.4, 0.5) is 0 Å². The number of hydrogen-bond donors (Lipinski definition) is 2. The summed E-state index contributed by atoms with van der Waals surface area (Å²) in [6.45, 7) is 2.67. The topological polar surface area (TPSA) is 71.1 Å². The van der Waals surface area contributed by atoms with Gasteiger partial charge in [-0.2, -0.15) is 0 Å². The van der Waals surface area contributed by atoms with Crippen LogP contribution >= 0.6 is 11.8 Å². The molecule has 1 aromatic heterocycles. The van der Waals surface area contributed by atoms with Gasteiger partial charge >= 0.3 is 0 Å². The average molecular weight is 412 g/mol. The van der Waals surface area contributed by atoms with Gasteiger partial charge in [-0.25, -0.2) is 4.98 Å². The molecule has 2 aliphatic carbocycles. The first-order valence-corrected chi connectivity index (χ1v) is 11.6. The van der Waals surface area contributed by atoms with E-state index < -0.39 is 0 Å². The zero-order chi connectivity index (χ0) is 20.2. The third-order valence-corrected chi connectivity index (χ3v) is 6.82. The molecule has 1 aromatic carbocycles. The van der Waals surface area contributed by atoms with E-state index in [1.807, 2.05) is 37.3 Å². The Labute approximate surface area is 176 Å². The summed E-state index contributed by atoms with van der Waals surface area (Å²) in [7, 11) is 0. The van der Waals surface area contributed by atoms with Gasteiger partial charge in [-0.05, 0) is 50.7 Å². The predicted molar refractivity (Wildman–Crippen MR) is 117 cm³/mol. The van der Waals surface area contributed by atoms with Crippen LogP contribution in [-0.4, -0.2) is 34.6 Å². The number of pyridine rings is 1. The fourth-order valence-electron chi connectivity index (χ4n) is 3.90. The lowest BCUT2D eigenvalue weighted by Crippen LogP contribution is -2.35. The van der Waals surface area contributed by atoms with E-state index in [1.165, 1.54) is 43.9 Å². The van der Waals surface area contributed by atoms with Gasteiger partial charge in [-0.1, -0.05) is 49.2 Å². The van der Waals surface area contributed by atoms with Crippen molar-refractivity contribution in [3.8, 4) is 0 Å². The van der Waals surface area contributed by atoms with Crippen LogP contribution in [0, 0.1) is 5.92 Å². The van der Waals surface area contributed by atoms with Gasteiger partial charge < -0.3 is 10.6 Å². The molecule has 2 aromatic rings. The van der Waals surface area contributed by atoms with Crippen molar-refractivity contribution in [2.45, 2.75) is 68.2 Å². The first-order chi connectivity index (χ1) is 14.1. The van der Waals surface area contributed by atoms with E-state index in [0.29, 0.717) is 22.5 Å². The highest BCUT2D eigenvalue weighted by atomic mass is 32.2. The van der Waals surface area contributed by atoms with Gasteiger partial charge in [-0.15, -0.1) is 0 Å². The van der Waals surface area contributed by atoms with Crippen molar-refractivity contribution in [3.63, 3.8) is 0 Å². The van der Waals surface area contributed by atoms with E-state index >= 15 is 0 Å². The second kappa shape index (κ2) is 9.16. The molecular weight excluding hydrogens is 382 g/mol. The maximum atomic E-state index is 12.7. The maximum absolute atomic E-state index is 12.7. The molecule has 1 unspecified atom stereocenters. The van der Waals surface area contributed by atoms with Crippen LogP contribution in [-0.2, 0) is 4.79 Å². The Kier molecular flexibility index (Phi) is 6.38. The fraction of sp³-hybridized carbons (Fsp3) is 0.522. The molecule has 1 heterocycles. The van der Waals surface area contributed by atoms with Crippen molar-refractivity contribution in [1.29, 1.82) is 0 Å². The van der Waals surface area contributed by atoms with E-state index in [0.717, 1.165) is 30.3 Å². The average Bonchev–Trinajstić information content (AvgIpc) is 3.56. The molecule has 4 rings (SSSR count). The molecule has 29 heavy (non-hydrogen) atoms. The lowest BCUT2D eigenvalue weighted by atomic mass is 9.89. The van der Waals surface area contributed by atoms with Gasteiger partial charge in [-0.3, -0.25) is 9.59 Å². The van der Waals surface area contributed by atoms with E-state index in [4.69, 9.17) is 0 Å². The summed E-state index contributed by atoms with van der Waals surface area (Å²) in [5.41, 5.74) is 1.42. The Bertz CT molecular complexity index is 891. The number of hydrogen-bond acceptors (Lipinski definition) is 4. The molecule has 2 amide bonds. The van der Waals surface area contributed by atoms with Crippen molar-refractivity contribution in [2.75, 3.05) is 6.54 Å². The highest BCUT2D eigenvalue weighted by molar-refractivity contribution is 8.00. The van der Waals surface area contributed by atoms with Crippen LogP contribution in [0.3, 0.4) is 0 Å². The van der Waals surface area contributed by atoms with Crippen molar-refractivity contribution in [2.24, 2.45) is 5.92 Å². The minimum absolute atomic E-state index is 0.0412. The Balaban J connectivity index is 1.44. The van der Waals surface area contributed by atoms with Crippen LogP contribution in [0.15, 0.2) is 35.4 Å². The number of benzene rings is 1. The van der Waals surface area contributed by atoms with Crippen LogP contribution in [0.5, 0.6) is 0 Å². The van der Waals surface area contributed by atoms with Crippen LogP contribution in [0.1, 0.15) is 62.2 Å². The largest absolute Gasteiger partial charge is 0.355 e. The summed E-state index contributed by atoms with van der Waals surface area (Å²) in [6.07, 6.45) is 8.40. The van der Waals surface area contributed by atoms with Crippen molar-refractivity contribution >= 4 is 34.5 Å². The molecule has 2 fully saturated rings. The minimum atomic E-state index is -0.258. The predicted octanol–water partition coefficient (Wildman–Crippen LogP) is 4.30. The summed E-state index contributed by atoms with van der Waals surface area (Å²) >= 11 is 1.42. The normalized spacial score (nSPS) is 18.4. The highest BCUT2D eigenvalue weighted by Crippen LogP contribution is 2.28. The minimum Gasteiger partial charge on any atom is -0.355 e. The number of rotatable bonds is 7. The second-order valence-electron chi connectivity index (χ2n) is 8.28. The Hall–Kier alpha value is -2.08. The van der Waals surface area contributed by atoms with Crippen molar-refractivity contribution in [3.05, 3.63) is 35.9 Å². The van der Waals surface area contributed by atoms with E-state index in [2.05, 4.69) is 15.6 Å². The number of para-hydroxylation sites is 1. The van der Waals surface area contributed by atoms with Crippen LogP contribution in [0.25, 0.3) is 10.9 Å². The van der Waals surface area contributed by atoms with Crippen molar-refractivity contribution in [1.82, 2.24) is 15.6 Å². The first kappa shape index (κ1) is 20.2. The van der Waals surface area contributed by atoms with Crippen LogP contribution < -0.4 is 10.6 Å². The molecule has 0 spiro atoms. The van der Waals surface area contributed by atoms with Crippen LogP contribution in [0.2, 0.25) is 0 Å². The molecule has 2 N–H and O–H groups in total. The summed E-state index contributed by atoms with van der Waals surface area (Å²) in [5, 5.41) is 7.49. The van der Waals surface area contributed by atoms with Gasteiger partial charge in [0.05, 0.1) is 21.4 Å². The number of carbonyl (C=O) groups is 2. The quantitative estimate of drug-likeness (QED) is 0.666. The molecule has 1 atom stereocenters. The number of carbonyl (C=O) groups excluding carboxylic acids is 2. The first-order valence-electron chi connectivity index (χ1n) is 10.7. The SMILES string of the molecule is CC(Sc1cc(C(=O)NC2CC2)c2ccccc2n1)C(=O)NCC1CCCCC1. The number of aromatic nitrogens is 1. The molecule has 5 nitrogen and oxygen atoms in total. The number of fused-ring (bicyclic) bond motifs is 1. The van der Waals surface area contributed by atoms with Gasteiger partial charge in [0.2, 0.25) is 5.91 Å². The zero-order valence-corrected chi connectivity index (χ0v) is 17.8. The van der Waals surface area contributed by atoms with E-state index in [9.17, 15) is 9.59 Å². The molecule has 0 saturated heterocycles. The Morgan fingerprint density at radius 3 is 2.66 bits per heavy atom. The summed E-state index contributed by atoms with van der Waals surface area (Å²) in [5.74, 6) is 0.600. The fourth-order valence-corrected chi connectivity index (χ4v) is 4.79. The van der Waals surface area contributed by atoms with Gasteiger partial charge in [0, 0.05) is 18.0 Å². The van der Waals surface area contributed by atoms with E-state index in [1.54, 1.807) is 0 Å². The number of nitrogens with zero attached hydrogens (tertiary/aromatic N) is 1. The number of amides is 2.